The van der Waals surface area contributed by atoms with Crippen LogP contribution >= 0.6 is 0 Å². The van der Waals surface area contributed by atoms with E-state index in [0.29, 0.717) is 19.0 Å². The number of guanidine groups is 1. The molecule has 0 aromatic heterocycles. The molecule has 2 N–H and O–H groups in total. The zero-order chi connectivity index (χ0) is 15.0. The molecule has 2 aliphatic heterocycles. The van der Waals surface area contributed by atoms with Gasteiger partial charge < -0.3 is 15.4 Å². The molecule has 2 heterocycles. The summed E-state index contributed by atoms with van der Waals surface area (Å²) in [7, 11) is 0. The zero-order valence-corrected chi connectivity index (χ0v) is 12.0. The van der Waals surface area contributed by atoms with E-state index in [0.717, 1.165) is 31.6 Å². The van der Waals surface area contributed by atoms with Crippen molar-refractivity contribution in [3.05, 3.63) is 35.4 Å². The number of nitrogens with zero attached hydrogens (tertiary/aromatic N) is 2. The van der Waals surface area contributed by atoms with E-state index in [4.69, 9.17) is 10.5 Å². The Morgan fingerprint density at radius 1 is 1.48 bits per heavy atom. The van der Waals surface area contributed by atoms with Gasteiger partial charge in [-0.05, 0) is 38.0 Å². The quantitative estimate of drug-likeness (QED) is 0.928. The lowest BCUT2D eigenvalue weighted by molar-refractivity contribution is 0.0681. The van der Waals surface area contributed by atoms with Crippen LogP contribution in [0.4, 0.5) is 8.78 Å². The summed E-state index contributed by atoms with van der Waals surface area (Å²) in [6.07, 6.45) is 2.03. The normalized spacial score (nSPS) is 29.0. The number of aliphatic imine (C=N–C) groups is 1. The summed E-state index contributed by atoms with van der Waals surface area (Å²) in [5.74, 6) is -0.548. The smallest absolute Gasteiger partial charge is 0.192 e. The van der Waals surface area contributed by atoms with Crippen molar-refractivity contribution in [2.45, 2.75) is 31.4 Å². The lowest BCUT2D eigenvalue weighted by Gasteiger charge is -2.38. The van der Waals surface area contributed by atoms with Gasteiger partial charge in [-0.2, -0.15) is 0 Å². The topological polar surface area (TPSA) is 50.8 Å². The van der Waals surface area contributed by atoms with Gasteiger partial charge in [-0.3, -0.25) is 4.99 Å². The molecule has 2 aliphatic rings. The molecule has 1 aromatic carbocycles. The Kier molecular flexibility index (Phi) is 3.57. The molecule has 2 unspecified atom stereocenters. The van der Waals surface area contributed by atoms with Gasteiger partial charge in [0.15, 0.2) is 5.96 Å². The van der Waals surface area contributed by atoms with Crippen LogP contribution in [-0.4, -0.2) is 36.7 Å². The van der Waals surface area contributed by atoms with Crippen LogP contribution in [-0.2, 0) is 10.3 Å². The third-order valence-electron chi connectivity index (χ3n) is 4.34. The molecule has 21 heavy (non-hydrogen) atoms. The van der Waals surface area contributed by atoms with Gasteiger partial charge in [0, 0.05) is 18.7 Å². The molecule has 0 saturated carbocycles. The predicted molar refractivity (Wildman–Crippen MR) is 75.9 cm³/mol. The van der Waals surface area contributed by atoms with Crippen LogP contribution in [0.1, 0.15) is 25.3 Å². The van der Waals surface area contributed by atoms with Crippen molar-refractivity contribution < 1.29 is 13.5 Å². The van der Waals surface area contributed by atoms with Crippen molar-refractivity contribution in [3.63, 3.8) is 0 Å². The lowest BCUT2D eigenvalue weighted by atomic mass is 9.90. The van der Waals surface area contributed by atoms with Crippen LogP contribution in [0, 0.1) is 11.6 Å². The van der Waals surface area contributed by atoms with Crippen molar-refractivity contribution in [2.75, 3.05) is 19.7 Å². The number of ether oxygens (including phenoxy) is 1. The molecule has 1 saturated heterocycles. The fourth-order valence-electron chi connectivity index (χ4n) is 3.09. The second-order valence-corrected chi connectivity index (χ2v) is 5.82. The molecule has 4 nitrogen and oxygen atoms in total. The molecule has 0 aliphatic carbocycles. The summed E-state index contributed by atoms with van der Waals surface area (Å²) >= 11 is 0. The highest BCUT2D eigenvalue weighted by molar-refractivity contribution is 5.81. The molecule has 0 amide bonds. The Morgan fingerprint density at radius 2 is 2.29 bits per heavy atom. The van der Waals surface area contributed by atoms with Gasteiger partial charge in [0.05, 0.1) is 18.2 Å². The van der Waals surface area contributed by atoms with E-state index in [1.54, 1.807) is 0 Å². The van der Waals surface area contributed by atoms with Gasteiger partial charge in [0.1, 0.15) is 11.6 Å². The number of benzene rings is 1. The average Bonchev–Trinajstić information content (AvgIpc) is 3.06. The first-order chi connectivity index (χ1) is 10.0. The van der Waals surface area contributed by atoms with Crippen LogP contribution in [0.2, 0.25) is 0 Å². The van der Waals surface area contributed by atoms with Crippen molar-refractivity contribution in [2.24, 2.45) is 10.7 Å². The molecule has 2 atom stereocenters. The largest absolute Gasteiger partial charge is 0.376 e. The summed E-state index contributed by atoms with van der Waals surface area (Å²) in [4.78, 5) is 6.07. The van der Waals surface area contributed by atoms with Gasteiger partial charge in [-0.15, -0.1) is 0 Å². The summed E-state index contributed by atoms with van der Waals surface area (Å²) < 4.78 is 33.3. The average molecular weight is 295 g/mol. The van der Waals surface area contributed by atoms with Crippen molar-refractivity contribution in [1.29, 1.82) is 0 Å². The minimum atomic E-state index is -0.776. The van der Waals surface area contributed by atoms with E-state index in [1.807, 2.05) is 11.8 Å². The Balaban J connectivity index is 1.92. The SMILES string of the molecule is CC1(c2cc(F)ccc2F)CN=C(N)N1CC1CCCO1. The van der Waals surface area contributed by atoms with E-state index < -0.39 is 17.2 Å². The molecular formula is C15H19F2N3O. The maximum atomic E-state index is 14.2. The van der Waals surface area contributed by atoms with Gasteiger partial charge in [-0.25, -0.2) is 8.78 Å². The van der Waals surface area contributed by atoms with Crippen molar-refractivity contribution in [3.8, 4) is 0 Å². The summed E-state index contributed by atoms with van der Waals surface area (Å²) in [5.41, 5.74) is 5.47. The third-order valence-corrected chi connectivity index (χ3v) is 4.34. The lowest BCUT2D eigenvalue weighted by Crippen LogP contribution is -2.50. The highest BCUT2D eigenvalue weighted by Gasteiger charge is 2.42. The molecular weight excluding hydrogens is 276 g/mol. The Bertz CT molecular complexity index is 572. The van der Waals surface area contributed by atoms with Crippen LogP contribution in [0.15, 0.2) is 23.2 Å². The number of nitrogens with two attached hydrogens (primary N) is 1. The standard InChI is InChI=1S/C15H19F2N3O/c1-15(12-7-10(16)4-5-13(12)17)9-19-14(18)20(15)8-11-3-2-6-21-11/h4-5,7,11H,2-3,6,8-9H2,1H3,(H2,18,19). The van der Waals surface area contributed by atoms with E-state index >= 15 is 0 Å². The molecule has 1 fully saturated rings. The predicted octanol–water partition coefficient (Wildman–Crippen LogP) is 1.99. The summed E-state index contributed by atoms with van der Waals surface area (Å²) in [5, 5.41) is 0. The molecule has 0 radical (unpaired) electrons. The first kappa shape index (κ1) is 14.3. The van der Waals surface area contributed by atoms with Gasteiger partial charge in [0.2, 0.25) is 0 Å². The number of rotatable bonds is 3. The highest BCUT2D eigenvalue weighted by atomic mass is 19.1. The summed E-state index contributed by atoms with van der Waals surface area (Å²) in [6, 6.07) is 3.49. The van der Waals surface area contributed by atoms with E-state index in [2.05, 4.69) is 4.99 Å². The monoisotopic (exact) mass is 295 g/mol. The fraction of sp³-hybridized carbons (Fsp3) is 0.533. The van der Waals surface area contributed by atoms with E-state index in [1.165, 1.54) is 6.07 Å². The van der Waals surface area contributed by atoms with Crippen molar-refractivity contribution >= 4 is 5.96 Å². The first-order valence-corrected chi connectivity index (χ1v) is 7.15. The van der Waals surface area contributed by atoms with Gasteiger partial charge >= 0.3 is 0 Å². The number of hydrogen-bond acceptors (Lipinski definition) is 4. The Morgan fingerprint density at radius 3 is 3.00 bits per heavy atom. The molecule has 0 spiro atoms. The molecule has 3 rings (SSSR count). The van der Waals surface area contributed by atoms with Gasteiger partial charge in [-0.1, -0.05) is 0 Å². The van der Waals surface area contributed by atoms with Crippen molar-refractivity contribution in [1.82, 2.24) is 4.90 Å². The Hall–Kier alpha value is -1.69. The molecule has 1 aromatic rings. The van der Waals surface area contributed by atoms with E-state index in [-0.39, 0.29) is 11.7 Å². The van der Waals surface area contributed by atoms with Crippen LogP contribution in [0.25, 0.3) is 0 Å². The van der Waals surface area contributed by atoms with Crippen LogP contribution < -0.4 is 5.73 Å². The van der Waals surface area contributed by atoms with Crippen LogP contribution in [0.3, 0.4) is 0 Å². The molecule has 0 bridgehead atoms. The maximum Gasteiger partial charge on any atom is 0.192 e. The van der Waals surface area contributed by atoms with Gasteiger partial charge in [0.25, 0.3) is 0 Å². The van der Waals surface area contributed by atoms with E-state index in [9.17, 15) is 8.78 Å². The second kappa shape index (κ2) is 5.26. The fourth-order valence-corrected chi connectivity index (χ4v) is 3.09. The number of hydrogen-bond donors (Lipinski definition) is 1. The Labute approximate surface area is 122 Å². The minimum absolute atomic E-state index is 0.0628. The first-order valence-electron chi connectivity index (χ1n) is 7.15. The third kappa shape index (κ3) is 2.48. The highest BCUT2D eigenvalue weighted by Crippen LogP contribution is 2.35. The minimum Gasteiger partial charge on any atom is -0.376 e. The number of halogens is 2. The maximum absolute atomic E-state index is 14.2. The summed E-state index contributed by atoms with van der Waals surface area (Å²) in [6.45, 7) is 3.43. The molecule has 6 heteroatoms. The zero-order valence-electron chi connectivity index (χ0n) is 12.0. The molecule has 114 valence electrons. The second-order valence-electron chi connectivity index (χ2n) is 5.82. The van der Waals surface area contributed by atoms with Crippen LogP contribution in [0.5, 0.6) is 0 Å².